The summed E-state index contributed by atoms with van der Waals surface area (Å²) in [5.41, 5.74) is 1.94. The Labute approximate surface area is 204 Å². The molecule has 3 atom stereocenters. The lowest BCUT2D eigenvalue weighted by Gasteiger charge is -2.29. The van der Waals surface area contributed by atoms with Crippen LogP contribution in [0.5, 0.6) is 5.75 Å². The number of ether oxygens (including phenoxy) is 2. The van der Waals surface area contributed by atoms with Gasteiger partial charge in [-0.1, -0.05) is 11.6 Å². The number of aryl methyl sites for hydroxylation is 2. The fourth-order valence-corrected chi connectivity index (χ4v) is 5.50. The maximum atomic E-state index is 12.4. The first kappa shape index (κ1) is 23.6. The fraction of sp³-hybridized carbons (Fsp3) is 0.640. The highest BCUT2D eigenvalue weighted by Crippen LogP contribution is 2.62. The number of aromatic nitrogens is 4. The number of carboxylic acids is 1. The van der Waals surface area contributed by atoms with Crippen molar-refractivity contribution in [1.82, 2.24) is 24.9 Å². The van der Waals surface area contributed by atoms with Crippen LogP contribution in [-0.2, 0) is 23.2 Å². The number of carboxylic acid groups (broad SMARTS) is 1. The van der Waals surface area contributed by atoms with Crippen molar-refractivity contribution < 1.29 is 24.2 Å². The topological polar surface area (TPSA) is 120 Å². The zero-order chi connectivity index (χ0) is 24.7. The molecule has 0 saturated heterocycles. The van der Waals surface area contributed by atoms with Gasteiger partial charge in [0, 0.05) is 26.6 Å². The van der Waals surface area contributed by atoms with Crippen LogP contribution in [0.25, 0.3) is 11.4 Å². The highest BCUT2D eigenvalue weighted by Gasteiger charge is 2.65. The van der Waals surface area contributed by atoms with Gasteiger partial charge in [-0.2, -0.15) is 0 Å². The maximum absolute atomic E-state index is 12.4. The van der Waals surface area contributed by atoms with Gasteiger partial charge in [0.1, 0.15) is 29.8 Å². The first-order chi connectivity index (χ1) is 16.8. The molecular formula is C25H33N5O5. The van der Waals surface area contributed by atoms with Gasteiger partial charge in [0.15, 0.2) is 0 Å². The summed E-state index contributed by atoms with van der Waals surface area (Å²) in [5, 5.41) is 18.0. The number of carbonyl (C=O) groups is 2. The third-order valence-electron chi connectivity index (χ3n) is 8.02. The lowest BCUT2D eigenvalue weighted by atomic mass is 9.85. The van der Waals surface area contributed by atoms with E-state index in [1.165, 1.54) is 19.3 Å². The molecule has 0 unspecified atom stereocenters. The van der Waals surface area contributed by atoms with Gasteiger partial charge >= 0.3 is 12.1 Å². The van der Waals surface area contributed by atoms with Gasteiger partial charge in [-0.15, -0.1) is 5.10 Å². The molecule has 10 heteroatoms. The monoisotopic (exact) mass is 483 g/mol. The Hall–Kier alpha value is -3.17. The van der Waals surface area contributed by atoms with Crippen molar-refractivity contribution >= 4 is 12.1 Å². The molecule has 2 aromatic heterocycles. The molecule has 2 heterocycles. The van der Waals surface area contributed by atoms with E-state index in [0.29, 0.717) is 47.4 Å². The van der Waals surface area contributed by atoms with Gasteiger partial charge in [-0.25, -0.2) is 14.5 Å². The highest BCUT2D eigenvalue weighted by atomic mass is 16.6. The molecule has 0 bridgehead atoms. The third kappa shape index (κ3) is 4.46. The second-order valence-corrected chi connectivity index (χ2v) is 10.3. The largest absolute Gasteiger partial charge is 0.488 e. The summed E-state index contributed by atoms with van der Waals surface area (Å²) in [7, 11) is 3.52. The summed E-state index contributed by atoms with van der Waals surface area (Å²) in [6, 6.07) is 3.68. The van der Waals surface area contributed by atoms with Crippen molar-refractivity contribution in [2.75, 3.05) is 13.6 Å². The van der Waals surface area contributed by atoms with E-state index in [-0.39, 0.29) is 24.7 Å². The van der Waals surface area contributed by atoms with Gasteiger partial charge in [-0.05, 0) is 63.5 Å². The molecule has 0 spiro atoms. The maximum Gasteiger partial charge on any atom is 0.409 e. The molecule has 3 fully saturated rings. The summed E-state index contributed by atoms with van der Waals surface area (Å²) < 4.78 is 13.4. The van der Waals surface area contributed by atoms with Gasteiger partial charge in [0.2, 0.25) is 0 Å². The van der Waals surface area contributed by atoms with E-state index in [0.717, 1.165) is 19.3 Å². The van der Waals surface area contributed by atoms with Crippen LogP contribution in [0.15, 0.2) is 12.1 Å². The Morgan fingerprint density at radius 3 is 2.74 bits per heavy atom. The number of aliphatic carboxylic acids is 1. The van der Waals surface area contributed by atoms with E-state index in [1.807, 2.05) is 19.1 Å². The first-order valence-corrected chi connectivity index (χ1v) is 12.4. The van der Waals surface area contributed by atoms with E-state index >= 15 is 0 Å². The Kier molecular flexibility index (Phi) is 6.14. The zero-order valence-corrected chi connectivity index (χ0v) is 20.6. The van der Waals surface area contributed by atoms with E-state index in [2.05, 4.69) is 15.3 Å². The number of rotatable bonds is 8. The molecular weight excluding hydrogens is 450 g/mol. The van der Waals surface area contributed by atoms with Gasteiger partial charge in [0.05, 0.1) is 16.8 Å². The standard InChI is InChI=1S/C25H33N5O5/c1-15-20(35-21-8-5-11-25(23(31)32)12-17(21)25)10-9-18(26-15)22-19(30(3)28-27-22)14-34-24(33)29(2)13-16-6-4-7-16/h9-10,16-17,21H,4-8,11-14H2,1-3H3,(H,31,32)/t17-,21+,25+/m1/s1. The Balaban J connectivity index is 1.25. The lowest BCUT2D eigenvalue weighted by molar-refractivity contribution is -0.145. The molecule has 0 aromatic carbocycles. The Morgan fingerprint density at radius 2 is 2.06 bits per heavy atom. The van der Waals surface area contributed by atoms with E-state index < -0.39 is 11.4 Å². The van der Waals surface area contributed by atoms with Crippen molar-refractivity contribution in [1.29, 1.82) is 0 Å². The molecule has 35 heavy (non-hydrogen) atoms. The van der Waals surface area contributed by atoms with Crippen LogP contribution in [0.1, 0.15) is 56.3 Å². The number of fused-ring (bicyclic) bond motifs is 1. The van der Waals surface area contributed by atoms with Crippen LogP contribution in [0, 0.1) is 24.2 Å². The van der Waals surface area contributed by atoms with Crippen LogP contribution in [-0.4, -0.2) is 61.7 Å². The van der Waals surface area contributed by atoms with Crippen molar-refractivity contribution in [2.45, 2.75) is 64.6 Å². The molecule has 10 nitrogen and oxygen atoms in total. The van der Waals surface area contributed by atoms with E-state index in [4.69, 9.17) is 9.47 Å². The molecule has 2 aromatic rings. The van der Waals surface area contributed by atoms with Crippen molar-refractivity contribution in [3.63, 3.8) is 0 Å². The number of nitrogens with zero attached hydrogens (tertiary/aromatic N) is 5. The molecule has 188 valence electrons. The number of pyridine rings is 1. The SMILES string of the molecule is Cc1nc(-c2nnn(C)c2COC(=O)N(C)CC2CCC2)ccc1O[C@H]1CCC[C@]2(C(=O)O)C[C@H]12. The number of hydrogen-bond acceptors (Lipinski definition) is 7. The van der Waals surface area contributed by atoms with Crippen LogP contribution < -0.4 is 4.74 Å². The molecule has 3 aliphatic rings. The molecule has 1 amide bonds. The second-order valence-electron chi connectivity index (χ2n) is 10.3. The summed E-state index contributed by atoms with van der Waals surface area (Å²) in [6.45, 7) is 2.63. The minimum atomic E-state index is -0.703. The lowest BCUT2D eigenvalue weighted by Crippen LogP contribution is -2.34. The molecule has 3 aliphatic carbocycles. The predicted molar refractivity (Wildman–Crippen MR) is 126 cm³/mol. The highest BCUT2D eigenvalue weighted by molar-refractivity contribution is 5.79. The normalized spacial score (nSPS) is 25.3. The average molecular weight is 484 g/mol. The number of amides is 1. The molecule has 0 aliphatic heterocycles. The molecule has 1 N–H and O–H groups in total. The van der Waals surface area contributed by atoms with E-state index in [1.54, 1.807) is 23.7 Å². The molecule has 0 radical (unpaired) electrons. The molecule has 3 saturated carbocycles. The number of hydrogen-bond donors (Lipinski definition) is 1. The minimum absolute atomic E-state index is 0.0483. The second kappa shape index (κ2) is 9.13. The molecule has 5 rings (SSSR count). The summed E-state index contributed by atoms with van der Waals surface area (Å²) >= 11 is 0. The summed E-state index contributed by atoms with van der Waals surface area (Å²) in [4.78, 5) is 30.5. The smallest absolute Gasteiger partial charge is 0.409 e. The van der Waals surface area contributed by atoms with Crippen LogP contribution in [0.2, 0.25) is 0 Å². The first-order valence-electron chi connectivity index (χ1n) is 12.4. The quantitative estimate of drug-likeness (QED) is 0.605. The predicted octanol–water partition coefficient (Wildman–Crippen LogP) is 3.58. The van der Waals surface area contributed by atoms with E-state index in [9.17, 15) is 14.7 Å². The van der Waals surface area contributed by atoms with Crippen molar-refractivity contribution in [3.05, 3.63) is 23.5 Å². The third-order valence-corrected chi connectivity index (χ3v) is 8.02. The van der Waals surface area contributed by atoms with Gasteiger partial charge in [-0.3, -0.25) is 4.79 Å². The average Bonchev–Trinajstić information content (AvgIpc) is 3.47. The Morgan fingerprint density at radius 1 is 1.26 bits per heavy atom. The van der Waals surface area contributed by atoms with Crippen LogP contribution in [0.4, 0.5) is 4.79 Å². The summed E-state index contributed by atoms with van der Waals surface area (Å²) in [6.07, 6.45) is 6.24. The summed E-state index contributed by atoms with van der Waals surface area (Å²) in [5.74, 6) is 0.590. The zero-order valence-electron chi connectivity index (χ0n) is 20.6. The van der Waals surface area contributed by atoms with Gasteiger partial charge < -0.3 is 19.5 Å². The Bertz CT molecular complexity index is 1130. The minimum Gasteiger partial charge on any atom is -0.488 e. The van der Waals surface area contributed by atoms with Crippen molar-refractivity contribution in [3.8, 4) is 17.1 Å². The fourth-order valence-electron chi connectivity index (χ4n) is 5.50. The van der Waals surface area contributed by atoms with Crippen LogP contribution >= 0.6 is 0 Å². The van der Waals surface area contributed by atoms with Gasteiger partial charge in [0.25, 0.3) is 0 Å². The number of carbonyl (C=O) groups excluding carboxylic acids is 1. The van der Waals surface area contributed by atoms with Crippen LogP contribution in [0.3, 0.4) is 0 Å². The van der Waals surface area contributed by atoms with Crippen molar-refractivity contribution in [2.24, 2.45) is 24.3 Å².